The van der Waals surface area contributed by atoms with Crippen LogP contribution < -0.4 is 0 Å². The second-order valence-electron chi connectivity index (χ2n) is 19.5. The molecule has 0 radical (unpaired) electrons. The van der Waals surface area contributed by atoms with Crippen LogP contribution in [-0.4, -0.2) is 31.4 Å². The number of hydrogen-bond donors (Lipinski definition) is 2. The Bertz CT molecular complexity index is 804. The molecule has 2 fully saturated rings. The van der Waals surface area contributed by atoms with Crippen LogP contribution >= 0.6 is 25.3 Å². The predicted molar refractivity (Wildman–Crippen MR) is 265 cm³/mol. The van der Waals surface area contributed by atoms with Gasteiger partial charge >= 0.3 is 8.56 Å². The number of rotatable bonds is 41. The largest absolute Gasteiger partial charge is 0.394 e. The highest BCUT2D eigenvalue weighted by Crippen LogP contribution is 2.49. The van der Waals surface area contributed by atoms with Crippen LogP contribution in [0.1, 0.15) is 290 Å². The van der Waals surface area contributed by atoms with Crippen LogP contribution in [0.2, 0.25) is 6.04 Å². The van der Waals surface area contributed by atoms with Crippen molar-refractivity contribution in [2.75, 3.05) is 13.2 Å². The summed E-state index contributed by atoms with van der Waals surface area (Å²) in [6.45, 7) is 8.73. The third kappa shape index (κ3) is 25.5. The van der Waals surface area contributed by atoms with Gasteiger partial charge in [0.2, 0.25) is 0 Å². The maximum Gasteiger partial charge on any atom is 0.351 e. The van der Waals surface area contributed by atoms with E-state index in [9.17, 15) is 0 Å². The summed E-state index contributed by atoms with van der Waals surface area (Å²) in [5.74, 6) is 1.74. The molecule has 0 aromatic carbocycles. The molecule has 0 N–H and O–H groups in total. The predicted octanol–water partition coefficient (Wildman–Crippen LogP) is 18.7. The van der Waals surface area contributed by atoms with Crippen molar-refractivity contribution >= 4 is 33.8 Å². The van der Waals surface area contributed by atoms with Crippen LogP contribution in [-0.2, 0) is 8.85 Å². The summed E-state index contributed by atoms with van der Waals surface area (Å²) < 4.78 is 14.6. The van der Waals surface area contributed by atoms with Crippen molar-refractivity contribution in [2.45, 2.75) is 306 Å². The van der Waals surface area contributed by atoms with Crippen LogP contribution in [0, 0.1) is 11.8 Å². The number of unbranched alkanes of at least 4 members (excludes halogenated alkanes) is 26. The summed E-state index contributed by atoms with van der Waals surface area (Å²) in [4.78, 5) is 0.293. The monoisotopic (exact) mass is 853 g/mol. The van der Waals surface area contributed by atoms with E-state index < -0.39 is 8.56 Å². The van der Waals surface area contributed by atoms with E-state index in [0.717, 1.165) is 31.1 Å². The molecule has 2 aliphatic carbocycles. The molecular formula is C52H104O2S2Si. The van der Waals surface area contributed by atoms with Crippen molar-refractivity contribution in [2.24, 2.45) is 11.8 Å². The molecule has 2 nitrogen and oxygen atoms in total. The zero-order valence-corrected chi connectivity index (χ0v) is 42.1. The van der Waals surface area contributed by atoms with Crippen LogP contribution in [0.4, 0.5) is 0 Å². The van der Waals surface area contributed by atoms with Gasteiger partial charge in [-0.2, -0.15) is 25.3 Å². The first-order valence-electron chi connectivity index (χ1n) is 26.7. The maximum absolute atomic E-state index is 7.14. The van der Waals surface area contributed by atoms with E-state index in [4.69, 9.17) is 34.1 Å². The lowest BCUT2D eigenvalue weighted by atomic mass is 9.67. The molecule has 1 unspecified atom stereocenters. The summed E-state index contributed by atoms with van der Waals surface area (Å²) in [5, 5.41) is 0. The molecule has 2 saturated carbocycles. The molecule has 0 aromatic rings. The molecule has 0 saturated heterocycles. The molecule has 0 amide bonds. The van der Waals surface area contributed by atoms with Gasteiger partial charge in [-0.25, -0.2) is 0 Å². The second kappa shape index (κ2) is 37.4. The van der Waals surface area contributed by atoms with Gasteiger partial charge in [0.25, 0.3) is 0 Å². The Morgan fingerprint density at radius 2 is 0.772 bits per heavy atom. The Labute approximate surface area is 372 Å². The smallest absolute Gasteiger partial charge is 0.351 e. The van der Waals surface area contributed by atoms with Crippen molar-refractivity contribution in [3.8, 4) is 0 Å². The minimum Gasteiger partial charge on any atom is -0.394 e. The fraction of sp³-hybridized carbons (Fsp3) is 1.00. The van der Waals surface area contributed by atoms with E-state index in [0.29, 0.717) is 9.62 Å². The molecular weight excluding hydrogens is 749 g/mol. The van der Waals surface area contributed by atoms with Crippen LogP contribution in [0.5, 0.6) is 0 Å². The number of hydrogen-bond acceptors (Lipinski definition) is 4. The van der Waals surface area contributed by atoms with E-state index >= 15 is 0 Å². The van der Waals surface area contributed by atoms with Crippen molar-refractivity contribution in [3.63, 3.8) is 0 Å². The first-order chi connectivity index (χ1) is 28.0. The number of thiol groups is 2. The fourth-order valence-corrected chi connectivity index (χ4v) is 15.8. The topological polar surface area (TPSA) is 18.5 Å². The Hall–Kier alpha value is 0.837. The third-order valence-corrected chi connectivity index (χ3v) is 20.6. The van der Waals surface area contributed by atoms with Crippen molar-refractivity contribution in [3.05, 3.63) is 0 Å². The van der Waals surface area contributed by atoms with E-state index in [1.54, 1.807) is 0 Å². The fourth-order valence-electron chi connectivity index (χ4n) is 10.6. The average Bonchev–Trinajstić information content (AvgIpc) is 3.24. The van der Waals surface area contributed by atoms with Gasteiger partial charge < -0.3 is 8.85 Å². The first-order valence-corrected chi connectivity index (χ1v) is 29.8. The zero-order chi connectivity index (χ0) is 41.0. The Balaban J connectivity index is 1.90. The van der Waals surface area contributed by atoms with E-state index in [1.807, 2.05) is 0 Å². The van der Waals surface area contributed by atoms with Gasteiger partial charge in [0.05, 0.1) is 0 Å². The molecule has 2 rings (SSSR count). The summed E-state index contributed by atoms with van der Waals surface area (Å²) in [5.41, 5.74) is 0. The van der Waals surface area contributed by atoms with E-state index in [-0.39, 0.29) is 0 Å². The molecule has 0 bridgehead atoms. The van der Waals surface area contributed by atoms with E-state index in [1.165, 1.54) is 270 Å². The van der Waals surface area contributed by atoms with Crippen molar-refractivity contribution < 1.29 is 8.85 Å². The van der Waals surface area contributed by atoms with Crippen LogP contribution in [0.25, 0.3) is 0 Å². The van der Waals surface area contributed by atoms with Gasteiger partial charge in [-0.1, -0.05) is 239 Å². The van der Waals surface area contributed by atoms with Gasteiger partial charge in [-0.3, -0.25) is 0 Å². The normalized spacial score (nSPS) is 16.8. The van der Waals surface area contributed by atoms with Gasteiger partial charge in [0.15, 0.2) is 0 Å². The minimum absolute atomic E-state index is 0.293. The molecule has 0 aromatic heterocycles. The lowest BCUT2D eigenvalue weighted by molar-refractivity contribution is 0.157. The average molecular weight is 854 g/mol. The molecule has 0 aliphatic heterocycles. The Kier molecular flexibility index (Phi) is 35.4. The van der Waals surface area contributed by atoms with Crippen LogP contribution in [0.15, 0.2) is 0 Å². The molecule has 57 heavy (non-hydrogen) atoms. The van der Waals surface area contributed by atoms with E-state index in [2.05, 4.69) is 20.8 Å². The van der Waals surface area contributed by atoms with Crippen molar-refractivity contribution in [1.82, 2.24) is 0 Å². The highest BCUT2D eigenvalue weighted by molar-refractivity contribution is 7.83. The van der Waals surface area contributed by atoms with Gasteiger partial charge in [-0.15, -0.1) is 0 Å². The standard InChI is InChI=1S/C52H104O2S2Si/c1-4-7-10-13-16-21-26-37-46-53-57(48-39-28-23-18-15-12-9-6-3,54-47-38-27-22-17-14-11-8-5-2)51(55)44-35-24-19-20-25-36-45-52(56,49-40-31-29-32-41-49)50-42-33-30-34-43-50/h49-51,55-56H,4-48H2,1-3H3. The lowest BCUT2D eigenvalue weighted by Crippen LogP contribution is -2.51. The zero-order valence-electron chi connectivity index (χ0n) is 39.3. The highest BCUT2D eigenvalue weighted by Gasteiger charge is 2.44. The van der Waals surface area contributed by atoms with Gasteiger partial charge in [-0.05, 0) is 69.2 Å². The minimum atomic E-state index is -2.43. The summed E-state index contributed by atoms with van der Waals surface area (Å²) in [7, 11) is -2.43. The van der Waals surface area contributed by atoms with Gasteiger partial charge in [0.1, 0.15) is 0 Å². The lowest BCUT2D eigenvalue weighted by Gasteiger charge is -2.46. The molecule has 0 heterocycles. The molecule has 5 heteroatoms. The van der Waals surface area contributed by atoms with Crippen LogP contribution in [0.3, 0.4) is 0 Å². The third-order valence-electron chi connectivity index (χ3n) is 14.5. The maximum atomic E-state index is 7.14. The summed E-state index contributed by atoms with van der Waals surface area (Å²) in [6.07, 6.45) is 57.7. The Morgan fingerprint density at radius 3 is 1.18 bits per heavy atom. The second-order valence-corrected chi connectivity index (χ2v) is 24.9. The first kappa shape index (κ1) is 54.0. The quantitative estimate of drug-likeness (QED) is 0.0363. The summed E-state index contributed by atoms with van der Waals surface area (Å²) >= 11 is 11.1. The molecule has 340 valence electrons. The Morgan fingerprint density at radius 1 is 0.439 bits per heavy atom. The molecule has 0 spiro atoms. The van der Waals surface area contributed by atoms with Gasteiger partial charge in [0, 0.05) is 22.8 Å². The highest BCUT2D eigenvalue weighted by atomic mass is 32.1. The molecule has 1 atom stereocenters. The molecule has 2 aliphatic rings. The summed E-state index contributed by atoms with van der Waals surface area (Å²) in [6, 6.07) is 1.15. The SMILES string of the molecule is CCCCCCCCCCO[Si](CCCCCCCCCC)(OCCCCCCCCCC)C(S)CCCCCCCCC(S)(C1CCCCC1)C1CCCCC1. The van der Waals surface area contributed by atoms with Crippen molar-refractivity contribution in [1.29, 1.82) is 0 Å².